The summed E-state index contributed by atoms with van der Waals surface area (Å²) >= 11 is 0. The van der Waals surface area contributed by atoms with Gasteiger partial charge < -0.3 is 14.7 Å². The molecule has 2 saturated heterocycles. The van der Waals surface area contributed by atoms with E-state index in [0.717, 1.165) is 24.2 Å². The number of carbonyl (C=O) groups excluding carboxylic acids is 1. The first-order chi connectivity index (χ1) is 9.52. The zero-order valence-electron chi connectivity index (χ0n) is 11.5. The SMILES string of the molecule is CN(CC1=NN(CC2CC3CCC2O3)C(=O)C1)C(=O)O. The van der Waals surface area contributed by atoms with Crippen molar-refractivity contribution in [1.29, 1.82) is 0 Å². The summed E-state index contributed by atoms with van der Waals surface area (Å²) in [5.74, 6) is 0.333. The van der Waals surface area contributed by atoms with Gasteiger partial charge in [-0.25, -0.2) is 9.80 Å². The molecule has 0 aromatic heterocycles. The summed E-state index contributed by atoms with van der Waals surface area (Å²) < 4.78 is 5.78. The quantitative estimate of drug-likeness (QED) is 0.824. The van der Waals surface area contributed by atoms with Gasteiger partial charge in [0.2, 0.25) is 5.91 Å². The number of ether oxygens (including phenoxy) is 1. The first-order valence-corrected chi connectivity index (χ1v) is 6.99. The minimum absolute atomic E-state index is 0.0402. The third kappa shape index (κ3) is 2.49. The Kier molecular flexibility index (Phi) is 3.37. The number of carbonyl (C=O) groups is 2. The van der Waals surface area contributed by atoms with Crippen molar-refractivity contribution in [1.82, 2.24) is 9.91 Å². The van der Waals surface area contributed by atoms with Gasteiger partial charge in [0.1, 0.15) is 0 Å². The molecule has 20 heavy (non-hydrogen) atoms. The van der Waals surface area contributed by atoms with Crippen LogP contribution >= 0.6 is 0 Å². The molecule has 2 amide bonds. The van der Waals surface area contributed by atoms with Crippen LogP contribution in [0, 0.1) is 5.92 Å². The Morgan fingerprint density at radius 1 is 1.55 bits per heavy atom. The van der Waals surface area contributed by atoms with Gasteiger partial charge in [-0.15, -0.1) is 0 Å². The monoisotopic (exact) mass is 281 g/mol. The standard InChI is InChI=1S/C13H19N3O4/c1-15(13(18)19)7-9-5-12(17)16(14-9)6-8-4-10-2-3-11(8)20-10/h8,10-11H,2-7H2,1H3,(H,18,19). The fraction of sp³-hybridized carbons (Fsp3) is 0.769. The maximum atomic E-state index is 11.9. The van der Waals surface area contributed by atoms with Gasteiger partial charge in [0.25, 0.3) is 0 Å². The number of hydrazone groups is 1. The maximum absolute atomic E-state index is 11.9. The Morgan fingerprint density at radius 2 is 2.35 bits per heavy atom. The molecule has 0 saturated carbocycles. The molecular formula is C13H19N3O4. The topological polar surface area (TPSA) is 82.4 Å². The Labute approximate surface area is 117 Å². The van der Waals surface area contributed by atoms with E-state index in [1.54, 1.807) is 0 Å². The molecule has 0 spiro atoms. The maximum Gasteiger partial charge on any atom is 0.407 e. The summed E-state index contributed by atoms with van der Waals surface area (Å²) in [5.41, 5.74) is 0.615. The highest BCUT2D eigenvalue weighted by Crippen LogP contribution is 2.39. The number of hydrogen-bond acceptors (Lipinski definition) is 4. The first-order valence-electron chi connectivity index (χ1n) is 6.99. The van der Waals surface area contributed by atoms with Crippen molar-refractivity contribution in [2.75, 3.05) is 20.1 Å². The van der Waals surface area contributed by atoms with E-state index in [-0.39, 0.29) is 25.0 Å². The largest absolute Gasteiger partial charge is 0.465 e. The highest BCUT2D eigenvalue weighted by molar-refractivity contribution is 6.06. The van der Waals surface area contributed by atoms with Crippen LogP contribution in [0.25, 0.3) is 0 Å². The molecule has 3 rings (SSSR count). The molecule has 3 aliphatic heterocycles. The van der Waals surface area contributed by atoms with Crippen LogP contribution in [-0.4, -0.2) is 65.1 Å². The molecule has 0 aromatic carbocycles. The zero-order chi connectivity index (χ0) is 14.3. The van der Waals surface area contributed by atoms with Gasteiger partial charge in [-0.1, -0.05) is 0 Å². The van der Waals surface area contributed by atoms with Crippen LogP contribution in [0.2, 0.25) is 0 Å². The van der Waals surface area contributed by atoms with Crippen molar-refractivity contribution < 1.29 is 19.4 Å². The lowest BCUT2D eigenvalue weighted by molar-refractivity contribution is -0.129. The Bertz CT molecular complexity index is 465. The van der Waals surface area contributed by atoms with Gasteiger partial charge in [0.05, 0.1) is 30.9 Å². The third-order valence-corrected chi connectivity index (χ3v) is 4.29. The van der Waals surface area contributed by atoms with Crippen LogP contribution in [0.15, 0.2) is 5.10 Å². The van der Waals surface area contributed by atoms with Crippen LogP contribution in [0.1, 0.15) is 25.7 Å². The highest BCUT2D eigenvalue weighted by Gasteiger charge is 2.42. The summed E-state index contributed by atoms with van der Waals surface area (Å²) in [4.78, 5) is 23.8. The average molecular weight is 281 g/mol. The number of amides is 2. The minimum Gasteiger partial charge on any atom is -0.465 e. The Hall–Kier alpha value is -1.63. The van der Waals surface area contributed by atoms with Crippen LogP contribution in [-0.2, 0) is 9.53 Å². The van der Waals surface area contributed by atoms with Crippen LogP contribution in [0.4, 0.5) is 4.79 Å². The van der Waals surface area contributed by atoms with Gasteiger partial charge >= 0.3 is 6.09 Å². The molecule has 0 radical (unpaired) electrons. The second kappa shape index (κ2) is 5.05. The van der Waals surface area contributed by atoms with Gasteiger partial charge in [0.15, 0.2) is 0 Å². The fourth-order valence-electron chi connectivity index (χ4n) is 3.26. The molecule has 2 bridgehead atoms. The second-order valence-corrected chi connectivity index (χ2v) is 5.83. The molecular weight excluding hydrogens is 262 g/mol. The summed E-state index contributed by atoms with van der Waals surface area (Å²) in [6.07, 6.45) is 3.06. The predicted octanol–water partition coefficient (Wildman–Crippen LogP) is 0.752. The van der Waals surface area contributed by atoms with Gasteiger partial charge in [0, 0.05) is 19.5 Å². The lowest BCUT2D eigenvalue weighted by atomic mass is 9.89. The molecule has 1 N–H and O–H groups in total. The molecule has 110 valence electrons. The van der Waals surface area contributed by atoms with Crippen molar-refractivity contribution in [3.05, 3.63) is 0 Å². The molecule has 7 nitrogen and oxygen atoms in total. The molecule has 2 fully saturated rings. The first kappa shape index (κ1) is 13.4. The molecule has 0 aliphatic carbocycles. The Balaban J connectivity index is 1.58. The molecule has 3 unspecified atom stereocenters. The van der Waals surface area contributed by atoms with E-state index in [1.165, 1.54) is 12.1 Å². The van der Waals surface area contributed by atoms with Gasteiger partial charge in [-0.3, -0.25) is 4.79 Å². The summed E-state index contributed by atoms with van der Waals surface area (Å²) in [7, 11) is 1.47. The van der Waals surface area contributed by atoms with E-state index >= 15 is 0 Å². The number of hydrogen-bond donors (Lipinski definition) is 1. The van der Waals surface area contributed by atoms with Crippen molar-refractivity contribution in [3.8, 4) is 0 Å². The number of rotatable bonds is 4. The smallest absolute Gasteiger partial charge is 0.407 e. The van der Waals surface area contributed by atoms with Gasteiger partial charge in [-0.05, 0) is 19.3 Å². The number of carboxylic acid groups (broad SMARTS) is 1. The van der Waals surface area contributed by atoms with Crippen molar-refractivity contribution in [2.24, 2.45) is 11.0 Å². The van der Waals surface area contributed by atoms with Crippen molar-refractivity contribution in [2.45, 2.75) is 37.9 Å². The summed E-state index contributed by atoms with van der Waals surface area (Å²) in [6, 6.07) is 0. The van der Waals surface area contributed by atoms with Crippen molar-refractivity contribution >= 4 is 17.7 Å². The normalized spacial score (nSPS) is 31.9. The Morgan fingerprint density at radius 3 is 2.95 bits per heavy atom. The van der Waals surface area contributed by atoms with E-state index in [2.05, 4.69) is 5.10 Å². The second-order valence-electron chi connectivity index (χ2n) is 5.83. The van der Waals surface area contributed by atoms with Gasteiger partial charge in [-0.2, -0.15) is 5.10 Å². The average Bonchev–Trinajstić information content (AvgIpc) is 3.06. The van der Waals surface area contributed by atoms with E-state index in [4.69, 9.17) is 9.84 Å². The van der Waals surface area contributed by atoms with Crippen molar-refractivity contribution in [3.63, 3.8) is 0 Å². The van der Waals surface area contributed by atoms with Crippen LogP contribution in [0.3, 0.4) is 0 Å². The van der Waals surface area contributed by atoms with E-state index in [9.17, 15) is 9.59 Å². The fourth-order valence-corrected chi connectivity index (χ4v) is 3.26. The number of nitrogens with zero attached hydrogens (tertiary/aromatic N) is 3. The third-order valence-electron chi connectivity index (χ3n) is 4.29. The van der Waals surface area contributed by atoms with E-state index in [1.807, 2.05) is 0 Å². The lowest BCUT2D eigenvalue weighted by Crippen LogP contribution is -2.32. The summed E-state index contributed by atoms with van der Waals surface area (Å²) in [5, 5.41) is 14.6. The lowest BCUT2D eigenvalue weighted by Gasteiger charge is -2.22. The minimum atomic E-state index is -1.01. The zero-order valence-corrected chi connectivity index (χ0v) is 11.5. The number of fused-ring (bicyclic) bond motifs is 2. The summed E-state index contributed by atoms with van der Waals surface area (Å²) in [6.45, 7) is 0.783. The molecule has 3 heterocycles. The van der Waals surface area contributed by atoms with Crippen LogP contribution in [0.5, 0.6) is 0 Å². The van der Waals surface area contributed by atoms with E-state index < -0.39 is 6.09 Å². The van der Waals surface area contributed by atoms with E-state index in [0.29, 0.717) is 24.3 Å². The van der Waals surface area contributed by atoms with Crippen LogP contribution < -0.4 is 0 Å². The predicted molar refractivity (Wildman–Crippen MR) is 70.4 cm³/mol. The molecule has 3 aliphatic rings. The highest BCUT2D eigenvalue weighted by atomic mass is 16.5. The molecule has 0 aromatic rings. The molecule has 7 heteroatoms. The molecule has 3 atom stereocenters.